The summed E-state index contributed by atoms with van der Waals surface area (Å²) in [4.78, 5) is 14.3. The SMILES string of the molecule is O=C(O)c1cn(CCNS(=O)(=O)CC2CCCO2)cn1. The number of nitrogens with zero attached hydrogens (tertiary/aromatic N) is 2. The number of carboxylic acids is 1. The molecule has 2 rings (SSSR count). The number of carbonyl (C=O) groups is 1. The fraction of sp³-hybridized carbons (Fsp3) is 0.636. The van der Waals surface area contributed by atoms with Crippen LogP contribution in [0.5, 0.6) is 0 Å². The van der Waals surface area contributed by atoms with Crippen molar-refractivity contribution in [2.45, 2.75) is 25.5 Å². The highest BCUT2D eigenvalue weighted by Crippen LogP contribution is 2.13. The van der Waals surface area contributed by atoms with E-state index in [1.54, 1.807) is 0 Å². The lowest BCUT2D eigenvalue weighted by Crippen LogP contribution is -2.33. The molecule has 112 valence electrons. The predicted octanol–water partition coefficient (Wildman–Crippen LogP) is -0.320. The average Bonchev–Trinajstić information content (AvgIpc) is 2.99. The second kappa shape index (κ2) is 6.33. The molecule has 0 bridgehead atoms. The molecule has 1 aliphatic heterocycles. The first kappa shape index (κ1) is 14.9. The lowest BCUT2D eigenvalue weighted by atomic mass is 10.3. The second-order valence-electron chi connectivity index (χ2n) is 4.61. The van der Waals surface area contributed by atoms with Gasteiger partial charge in [-0.05, 0) is 12.8 Å². The Hall–Kier alpha value is -1.45. The van der Waals surface area contributed by atoms with Gasteiger partial charge in [0.1, 0.15) is 0 Å². The van der Waals surface area contributed by atoms with Crippen LogP contribution in [0.25, 0.3) is 0 Å². The van der Waals surface area contributed by atoms with Gasteiger partial charge in [0, 0.05) is 25.9 Å². The fourth-order valence-electron chi connectivity index (χ4n) is 2.00. The first-order valence-electron chi connectivity index (χ1n) is 6.30. The van der Waals surface area contributed by atoms with Gasteiger partial charge < -0.3 is 14.4 Å². The van der Waals surface area contributed by atoms with Crippen LogP contribution in [0.15, 0.2) is 12.5 Å². The van der Waals surface area contributed by atoms with Crippen molar-refractivity contribution in [3.63, 3.8) is 0 Å². The summed E-state index contributed by atoms with van der Waals surface area (Å²) in [5, 5.41) is 8.71. The maximum atomic E-state index is 11.8. The smallest absolute Gasteiger partial charge is 0.356 e. The van der Waals surface area contributed by atoms with Crippen LogP contribution in [0, 0.1) is 0 Å². The number of nitrogens with one attached hydrogen (secondary N) is 1. The van der Waals surface area contributed by atoms with E-state index in [-0.39, 0.29) is 24.1 Å². The van der Waals surface area contributed by atoms with Crippen LogP contribution in [-0.4, -0.2) is 54.1 Å². The van der Waals surface area contributed by atoms with Crippen LogP contribution in [0.2, 0.25) is 0 Å². The number of sulfonamides is 1. The van der Waals surface area contributed by atoms with Gasteiger partial charge in [-0.3, -0.25) is 0 Å². The average molecular weight is 303 g/mol. The van der Waals surface area contributed by atoms with Gasteiger partial charge in [-0.25, -0.2) is 22.9 Å². The second-order valence-corrected chi connectivity index (χ2v) is 6.46. The zero-order valence-corrected chi connectivity index (χ0v) is 11.7. The molecule has 0 aromatic carbocycles. The van der Waals surface area contributed by atoms with Gasteiger partial charge in [-0.1, -0.05) is 0 Å². The molecule has 0 aliphatic carbocycles. The zero-order valence-electron chi connectivity index (χ0n) is 10.9. The Morgan fingerprint density at radius 3 is 3.00 bits per heavy atom. The van der Waals surface area contributed by atoms with Gasteiger partial charge in [0.25, 0.3) is 0 Å². The fourth-order valence-corrected chi connectivity index (χ4v) is 3.27. The molecule has 1 saturated heterocycles. The minimum atomic E-state index is -3.37. The van der Waals surface area contributed by atoms with E-state index in [4.69, 9.17) is 9.84 Å². The van der Waals surface area contributed by atoms with Crippen molar-refractivity contribution < 1.29 is 23.1 Å². The monoisotopic (exact) mass is 303 g/mol. The van der Waals surface area contributed by atoms with Gasteiger partial charge in [0.05, 0.1) is 18.2 Å². The lowest BCUT2D eigenvalue weighted by molar-refractivity contribution is 0.0691. The molecular weight excluding hydrogens is 286 g/mol. The highest BCUT2D eigenvalue weighted by Gasteiger charge is 2.22. The van der Waals surface area contributed by atoms with E-state index in [0.29, 0.717) is 13.2 Å². The van der Waals surface area contributed by atoms with Crippen LogP contribution in [0.4, 0.5) is 0 Å². The van der Waals surface area contributed by atoms with E-state index in [1.165, 1.54) is 17.1 Å². The Kier molecular flexibility index (Phi) is 4.73. The van der Waals surface area contributed by atoms with Crippen molar-refractivity contribution in [3.8, 4) is 0 Å². The van der Waals surface area contributed by atoms with Crippen LogP contribution >= 0.6 is 0 Å². The summed E-state index contributed by atoms with van der Waals surface area (Å²) >= 11 is 0. The number of aromatic carboxylic acids is 1. The van der Waals surface area contributed by atoms with Crippen molar-refractivity contribution in [2.24, 2.45) is 0 Å². The molecule has 1 aliphatic rings. The van der Waals surface area contributed by atoms with E-state index in [2.05, 4.69) is 9.71 Å². The van der Waals surface area contributed by atoms with Gasteiger partial charge in [0.2, 0.25) is 10.0 Å². The minimum Gasteiger partial charge on any atom is -0.476 e. The summed E-state index contributed by atoms with van der Waals surface area (Å²) in [6.45, 7) is 1.13. The maximum absolute atomic E-state index is 11.8. The summed E-state index contributed by atoms with van der Waals surface area (Å²) in [6.07, 6.45) is 4.16. The Morgan fingerprint density at radius 1 is 1.60 bits per heavy atom. The number of ether oxygens (including phenoxy) is 1. The van der Waals surface area contributed by atoms with Crippen LogP contribution in [0.1, 0.15) is 23.3 Å². The molecule has 1 atom stereocenters. The van der Waals surface area contributed by atoms with E-state index in [0.717, 1.165) is 12.8 Å². The molecule has 0 amide bonds. The Balaban J connectivity index is 1.77. The van der Waals surface area contributed by atoms with Crippen molar-refractivity contribution >= 4 is 16.0 Å². The molecule has 20 heavy (non-hydrogen) atoms. The zero-order chi connectivity index (χ0) is 14.6. The molecule has 2 heterocycles. The quantitative estimate of drug-likeness (QED) is 0.714. The van der Waals surface area contributed by atoms with Crippen LogP contribution in [-0.2, 0) is 21.3 Å². The molecule has 0 radical (unpaired) electrons. The number of hydrogen-bond acceptors (Lipinski definition) is 5. The molecule has 0 spiro atoms. The first-order valence-corrected chi connectivity index (χ1v) is 7.95. The van der Waals surface area contributed by atoms with E-state index < -0.39 is 16.0 Å². The Morgan fingerprint density at radius 2 is 2.40 bits per heavy atom. The molecule has 0 saturated carbocycles. The Labute approximate surface area is 116 Å². The largest absolute Gasteiger partial charge is 0.476 e. The number of carboxylic acid groups (broad SMARTS) is 1. The van der Waals surface area contributed by atoms with E-state index in [9.17, 15) is 13.2 Å². The summed E-state index contributed by atoms with van der Waals surface area (Å²) in [6, 6.07) is 0. The molecular formula is C11H17N3O5S. The molecule has 8 nitrogen and oxygen atoms in total. The van der Waals surface area contributed by atoms with Gasteiger partial charge in [-0.2, -0.15) is 0 Å². The molecule has 1 aromatic heterocycles. The van der Waals surface area contributed by atoms with Crippen molar-refractivity contribution in [1.29, 1.82) is 0 Å². The topological polar surface area (TPSA) is 111 Å². The minimum absolute atomic E-state index is 0.0305. The third-order valence-corrected chi connectivity index (χ3v) is 4.43. The molecule has 1 fully saturated rings. The van der Waals surface area contributed by atoms with Gasteiger partial charge >= 0.3 is 5.97 Å². The molecule has 2 N–H and O–H groups in total. The summed E-state index contributed by atoms with van der Waals surface area (Å²) in [5.41, 5.74) is -0.0628. The highest BCUT2D eigenvalue weighted by atomic mass is 32.2. The summed E-state index contributed by atoms with van der Waals surface area (Å²) < 4.78 is 32.8. The van der Waals surface area contributed by atoms with Gasteiger partial charge in [-0.15, -0.1) is 0 Å². The lowest BCUT2D eigenvalue weighted by Gasteiger charge is -2.11. The summed E-state index contributed by atoms with van der Waals surface area (Å²) in [5.74, 6) is -1.14. The number of hydrogen-bond donors (Lipinski definition) is 2. The normalized spacial score (nSPS) is 19.3. The van der Waals surface area contributed by atoms with Crippen molar-refractivity contribution in [2.75, 3.05) is 18.9 Å². The van der Waals surface area contributed by atoms with Crippen molar-refractivity contribution in [3.05, 3.63) is 18.2 Å². The van der Waals surface area contributed by atoms with E-state index in [1.807, 2.05) is 0 Å². The highest BCUT2D eigenvalue weighted by molar-refractivity contribution is 7.89. The van der Waals surface area contributed by atoms with Gasteiger partial charge in [0.15, 0.2) is 5.69 Å². The molecule has 1 unspecified atom stereocenters. The molecule has 9 heteroatoms. The Bertz CT molecular complexity index is 562. The summed E-state index contributed by atoms with van der Waals surface area (Å²) in [7, 11) is -3.37. The first-order chi connectivity index (χ1) is 9.46. The third-order valence-electron chi connectivity index (χ3n) is 2.97. The molecule has 1 aromatic rings. The number of rotatable bonds is 7. The maximum Gasteiger partial charge on any atom is 0.356 e. The van der Waals surface area contributed by atoms with Crippen molar-refractivity contribution in [1.82, 2.24) is 14.3 Å². The van der Waals surface area contributed by atoms with Crippen LogP contribution < -0.4 is 4.72 Å². The third kappa shape index (κ3) is 4.29. The number of imidazole rings is 1. The number of aromatic nitrogens is 2. The standard InChI is InChI=1S/C11H17N3O5S/c15-11(16)10-6-14(8-12-10)4-3-13-20(17,18)7-9-2-1-5-19-9/h6,8-9,13H,1-5,7H2,(H,15,16). The van der Waals surface area contributed by atoms with Crippen LogP contribution in [0.3, 0.4) is 0 Å². The van der Waals surface area contributed by atoms with E-state index >= 15 is 0 Å². The predicted molar refractivity (Wildman–Crippen MR) is 69.9 cm³/mol.